The van der Waals surface area contributed by atoms with Gasteiger partial charge in [0.2, 0.25) is 0 Å². The predicted molar refractivity (Wildman–Crippen MR) is 61.9 cm³/mol. The lowest BCUT2D eigenvalue weighted by Crippen LogP contribution is -2.39. The van der Waals surface area contributed by atoms with Crippen LogP contribution >= 0.6 is 0 Å². The van der Waals surface area contributed by atoms with Gasteiger partial charge in [0.25, 0.3) is 6.43 Å². The second-order valence-electron chi connectivity index (χ2n) is 4.95. The molecule has 0 amide bonds. The number of halogens is 2. The summed E-state index contributed by atoms with van der Waals surface area (Å²) in [5, 5.41) is 12.0. The second-order valence-corrected chi connectivity index (χ2v) is 4.95. The average molecular weight is 238 g/mol. The number of nitrogens with zero attached hydrogens (tertiary/aromatic N) is 1. The Bertz CT molecular complexity index is 172. The summed E-state index contributed by atoms with van der Waals surface area (Å²) in [5.41, 5.74) is 0.0600. The van der Waals surface area contributed by atoms with Crippen molar-refractivity contribution in [2.75, 3.05) is 32.8 Å². The molecule has 0 heterocycles. The molecule has 0 aromatic heterocycles. The highest BCUT2D eigenvalue weighted by Gasteiger charge is 2.12. The summed E-state index contributed by atoms with van der Waals surface area (Å²) in [4.78, 5) is 1.59. The predicted octanol–water partition coefficient (Wildman–Crippen LogP) is 1.32. The van der Waals surface area contributed by atoms with Crippen molar-refractivity contribution in [3.05, 3.63) is 0 Å². The summed E-state index contributed by atoms with van der Waals surface area (Å²) in [5.74, 6) is 0. The van der Waals surface area contributed by atoms with E-state index in [0.717, 1.165) is 13.0 Å². The number of hydrogen-bond acceptors (Lipinski definition) is 3. The Labute approximate surface area is 96.8 Å². The van der Waals surface area contributed by atoms with Gasteiger partial charge in [-0.15, -0.1) is 0 Å². The zero-order valence-corrected chi connectivity index (χ0v) is 10.5. The van der Waals surface area contributed by atoms with Crippen molar-refractivity contribution in [1.82, 2.24) is 10.2 Å². The Balaban J connectivity index is 3.67. The number of alkyl halides is 2. The van der Waals surface area contributed by atoms with Crippen LogP contribution < -0.4 is 5.32 Å². The van der Waals surface area contributed by atoms with Crippen LogP contribution in [0.1, 0.15) is 27.2 Å². The zero-order valence-electron chi connectivity index (χ0n) is 10.5. The highest BCUT2D eigenvalue weighted by atomic mass is 19.3. The molecular formula is C11H24F2N2O. The largest absolute Gasteiger partial charge is 0.395 e. The fraction of sp³-hybridized carbons (Fsp3) is 1.00. The minimum atomic E-state index is -2.33. The van der Waals surface area contributed by atoms with Gasteiger partial charge in [-0.2, -0.15) is 0 Å². The van der Waals surface area contributed by atoms with E-state index in [1.807, 2.05) is 0 Å². The molecule has 3 nitrogen and oxygen atoms in total. The summed E-state index contributed by atoms with van der Waals surface area (Å²) in [6, 6.07) is 0. The molecule has 0 fully saturated rings. The molecule has 16 heavy (non-hydrogen) atoms. The fourth-order valence-corrected chi connectivity index (χ4v) is 1.40. The van der Waals surface area contributed by atoms with Crippen LogP contribution in [-0.4, -0.2) is 54.8 Å². The van der Waals surface area contributed by atoms with Gasteiger partial charge in [0.05, 0.1) is 13.2 Å². The molecular weight excluding hydrogens is 214 g/mol. The smallest absolute Gasteiger partial charge is 0.251 e. The van der Waals surface area contributed by atoms with Gasteiger partial charge in [0.1, 0.15) is 0 Å². The van der Waals surface area contributed by atoms with Crippen molar-refractivity contribution in [3.8, 4) is 0 Å². The van der Waals surface area contributed by atoms with E-state index in [0.29, 0.717) is 13.1 Å². The molecule has 0 aliphatic rings. The molecule has 2 N–H and O–H groups in total. The van der Waals surface area contributed by atoms with E-state index in [2.05, 4.69) is 26.1 Å². The number of aliphatic hydroxyl groups excluding tert-OH is 1. The summed E-state index contributed by atoms with van der Waals surface area (Å²) >= 11 is 0. The van der Waals surface area contributed by atoms with Crippen molar-refractivity contribution < 1.29 is 13.9 Å². The lowest BCUT2D eigenvalue weighted by molar-refractivity contribution is 0.0775. The van der Waals surface area contributed by atoms with E-state index in [4.69, 9.17) is 5.11 Å². The van der Waals surface area contributed by atoms with Crippen LogP contribution in [0.15, 0.2) is 0 Å². The maximum atomic E-state index is 12.2. The molecule has 0 aromatic carbocycles. The summed E-state index contributed by atoms with van der Waals surface area (Å²) in [6.07, 6.45) is -1.52. The SMILES string of the molecule is CC(C)(C)NCCCN(CCO)CC(F)F. The topological polar surface area (TPSA) is 35.5 Å². The minimum absolute atomic E-state index is 0.0600. The molecule has 0 aliphatic heterocycles. The van der Waals surface area contributed by atoms with E-state index >= 15 is 0 Å². The van der Waals surface area contributed by atoms with Gasteiger partial charge >= 0.3 is 0 Å². The molecule has 0 spiro atoms. The molecule has 0 atom stereocenters. The van der Waals surface area contributed by atoms with Gasteiger partial charge < -0.3 is 10.4 Å². The standard InChI is InChI=1S/C11H24F2N2O/c1-11(2,3)14-5-4-6-15(7-8-16)9-10(12)13/h10,14,16H,4-9H2,1-3H3. The third-order valence-corrected chi connectivity index (χ3v) is 2.12. The van der Waals surface area contributed by atoms with E-state index in [1.165, 1.54) is 0 Å². The maximum absolute atomic E-state index is 12.2. The van der Waals surface area contributed by atoms with E-state index in [-0.39, 0.29) is 18.7 Å². The third kappa shape index (κ3) is 10.3. The number of aliphatic hydroxyl groups is 1. The fourth-order valence-electron chi connectivity index (χ4n) is 1.40. The first-order chi connectivity index (χ1) is 7.35. The maximum Gasteiger partial charge on any atom is 0.251 e. The molecule has 0 saturated heterocycles. The number of nitrogens with one attached hydrogen (secondary N) is 1. The Morgan fingerprint density at radius 3 is 2.31 bits per heavy atom. The molecule has 0 bridgehead atoms. The minimum Gasteiger partial charge on any atom is -0.395 e. The number of hydrogen-bond donors (Lipinski definition) is 2. The lowest BCUT2D eigenvalue weighted by Gasteiger charge is -2.23. The van der Waals surface area contributed by atoms with Crippen LogP contribution in [0.3, 0.4) is 0 Å². The van der Waals surface area contributed by atoms with Crippen LogP contribution in [0.2, 0.25) is 0 Å². The Hall–Kier alpha value is -0.260. The highest BCUT2D eigenvalue weighted by molar-refractivity contribution is 4.70. The van der Waals surface area contributed by atoms with Crippen LogP contribution in [0.5, 0.6) is 0 Å². The third-order valence-electron chi connectivity index (χ3n) is 2.12. The first-order valence-corrected chi connectivity index (χ1v) is 5.71. The van der Waals surface area contributed by atoms with Gasteiger partial charge in [-0.1, -0.05) is 0 Å². The molecule has 0 unspecified atom stereocenters. The van der Waals surface area contributed by atoms with Gasteiger partial charge in [0.15, 0.2) is 0 Å². The molecule has 5 heteroatoms. The summed E-state index contributed by atoms with van der Waals surface area (Å²) in [6.45, 7) is 7.59. The van der Waals surface area contributed by atoms with Crippen molar-refractivity contribution in [1.29, 1.82) is 0 Å². The van der Waals surface area contributed by atoms with Crippen LogP contribution in [0, 0.1) is 0 Å². The van der Waals surface area contributed by atoms with Crippen molar-refractivity contribution >= 4 is 0 Å². The number of rotatable bonds is 8. The molecule has 98 valence electrons. The van der Waals surface area contributed by atoms with Crippen LogP contribution in [0.25, 0.3) is 0 Å². The molecule has 0 aliphatic carbocycles. The first-order valence-electron chi connectivity index (χ1n) is 5.71. The van der Waals surface area contributed by atoms with Crippen molar-refractivity contribution in [3.63, 3.8) is 0 Å². The lowest BCUT2D eigenvalue weighted by atomic mass is 10.1. The molecule has 0 aromatic rings. The zero-order chi connectivity index (χ0) is 12.6. The molecule has 0 saturated carbocycles. The van der Waals surface area contributed by atoms with Gasteiger partial charge in [0, 0.05) is 12.1 Å². The molecule has 0 radical (unpaired) electrons. The average Bonchev–Trinajstić information content (AvgIpc) is 2.10. The van der Waals surface area contributed by atoms with Gasteiger partial charge in [-0.3, -0.25) is 4.90 Å². The quantitative estimate of drug-likeness (QED) is 0.626. The van der Waals surface area contributed by atoms with E-state index < -0.39 is 6.43 Å². The van der Waals surface area contributed by atoms with E-state index in [9.17, 15) is 8.78 Å². The Morgan fingerprint density at radius 2 is 1.88 bits per heavy atom. The first kappa shape index (κ1) is 15.7. The van der Waals surface area contributed by atoms with Crippen molar-refractivity contribution in [2.45, 2.75) is 39.2 Å². The van der Waals surface area contributed by atoms with Gasteiger partial charge in [-0.05, 0) is 40.3 Å². The Kier molecular flexibility index (Phi) is 7.80. The van der Waals surface area contributed by atoms with Crippen LogP contribution in [0.4, 0.5) is 8.78 Å². The Morgan fingerprint density at radius 1 is 1.25 bits per heavy atom. The summed E-state index contributed by atoms with van der Waals surface area (Å²) in [7, 11) is 0. The van der Waals surface area contributed by atoms with Crippen LogP contribution in [-0.2, 0) is 0 Å². The monoisotopic (exact) mass is 238 g/mol. The summed E-state index contributed by atoms with van der Waals surface area (Å²) < 4.78 is 24.3. The second kappa shape index (κ2) is 7.92. The van der Waals surface area contributed by atoms with E-state index in [1.54, 1.807) is 4.90 Å². The van der Waals surface area contributed by atoms with Gasteiger partial charge in [-0.25, -0.2) is 8.78 Å². The van der Waals surface area contributed by atoms with Crippen molar-refractivity contribution in [2.24, 2.45) is 0 Å². The normalized spacial score (nSPS) is 12.8. The highest BCUT2D eigenvalue weighted by Crippen LogP contribution is 2.01. The molecule has 0 rings (SSSR count).